The fraction of sp³-hybridized carbons (Fsp3) is 0.471. The van der Waals surface area contributed by atoms with Crippen molar-refractivity contribution in [1.29, 1.82) is 0 Å². The Balaban J connectivity index is 1.68. The first-order chi connectivity index (χ1) is 11.1. The molecule has 5 nitrogen and oxygen atoms in total. The number of piperidine rings is 1. The number of pyridine rings is 1. The molecular formula is C17H22FN5. The molecule has 0 atom stereocenters. The maximum atomic E-state index is 13.2. The van der Waals surface area contributed by atoms with Crippen molar-refractivity contribution >= 4 is 11.8 Å². The van der Waals surface area contributed by atoms with E-state index < -0.39 is 0 Å². The largest absolute Gasteiger partial charge is 0.309 e. The molecule has 122 valence electrons. The van der Waals surface area contributed by atoms with Crippen LogP contribution in [0, 0.1) is 5.82 Å². The van der Waals surface area contributed by atoms with Crippen LogP contribution in [0.2, 0.25) is 0 Å². The third-order valence-electron chi connectivity index (χ3n) is 4.32. The van der Waals surface area contributed by atoms with Crippen LogP contribution in [0.25, 0.3) is 0 Å². The van der Waals surface area contributed by atoms with E-state index in [0.29, 0.717) is 23.7 Å². The topological polar surface area (TPSA) is 53.9 Å². The first-order valence-electron chi connectivity index (χ1n) is 8.07. The van der Waals surface area contributed by atoms with Gasteiger partial charge in [-0.3, -0.25) is 0 Å². The summed E-state index contributed by atoms with van der Waals surface area (Å²) in [6, 6.07) is 5.21. The van der Waals surface area contributed by atoms with E-state index in [4.69, 9.17) is 0 Å². The van der Waals surface area contributed by atoms with Crippen LogP contribution in [0.1, 0.15) is 38.3 Å². The van der Waals surface area contributed by atoms with Gasteiger partial charge in [0, 0.05) is 36.1 Å². The average Bonchev–Trinajstić information content (AvgIpc) is 2.55. The van der Waals surface area contributed by atoms with Crippen molar-refractivity contribution in [3.05, 3.63) is 42.1 Å². The molecule has 1 aliphatic rings. The maximum Gasteiger partial charge on any atom is 0.228 e. The lowest BCUT2D eigenvalue weighted by Gasteiger charge is -2.34. The van der Waals surface area contributed by atoms with Crippen LogP contribution in [0.5, 0.6) is 0 Å². The third-order valence-corrected chi connectivity index (χ3v) is 4.32. The van der Waals surface area contributed by atoms with Gasteiger partial charge in [0.25, 0.3) is 0 Å². The van der Waals surface area contributed by atoms with Gasteiger partial charge >= 0.3 is 0 Å². The fourth-order valence-corrected chi connectivity index (χ4v) is 2.96. The SMILES string of the molecule is CC(C)N1CCC(c2ccnc(Nc3cc(F)ccn3)n2)CC1. The summed E-state index contributed by atoms with van der Waals surface area (Å²) in [6.07, 6.45) is 5.38. The molecule has 0 spiro atoms. The summed E-state index contributed by atoms with van der Waals surface area (Å²) in [5, 5.41) is 2.97. The molecule has 1 N–H and O–H groups in total. The van der Waals surface area contributed by atoms with Gasteiger partial charge in [0.15, 0.2) is 0 Å². The first-order valence-corrected chi connectivity index (χ1v) is 8.07. The minimum atomic E-state index is -0.334. The Kier molecular flexibility index (Phi) is 4.81. The van der Waals surface area contributed by atoms with Crippen LogP contribution >= 0.6 is 0 Å². The summed E-state index contributed by atoms with van der Waals surface area (Å²) < 4.78 is 13.2. The second kappa shape index (κ2) is 7.00. The van der Waals surface area contributed by atoms with Crippen molar-refractivity contribution in [3.63, 3.8) is 0 Å². The van der Waals surface area contributed by atoms with Gasteiger partial charge in [-0.1, -0.05) is 0 Å². The van der Waals surface area contributed by atoms with Gasteiger partial charge in [-0.25, -0.2) is 19.3 Å². The predicted octanol–water partition coefficient (Wildman–Crippen LogP) is 3.34. The number of aromatic nitrogens is 3. The number of likely N-dealkylation sites (tertiary alicyclic amines) is 1. The smallest absolute Gasteiger partial charge is 0.228 e. The highest BCUT2D eigenvalue weighted by molar-refractivity contribution is 5.47. The second-order valence-corrected chi connectivity index (χ2v) is 6.19. The quantitative estimate of drug-likeness (QED) is 0.938. The van der Waals surface area contributed by atoms with Crippen molar-refractivity contribution in [2.45, 2.75) is 38.6 Å². The van der Waals surface area contributed by atoms with E-state index in [0.717, 1.165) is 31.6 Å². The van der Waals surface area contributed by atoms with Crippen LogP contribution in [0.15, 0.2) is 30.6 Å². The summed E-state index contributed by atoms with van der Waals surface area (Å²) in [7, 11) is 0. The number of hydrogen-bond acceptors (Lipinski definition) is 5. The number of anilines is 2. The number of nitrogens with zero attached hydrogens (tertiary/aromatic N) is 4. The maximum absolute atomic E-state index is 13.2. The Morgan fingerprint density at radius 3 is 2.61 bits per heavy atom. The minimum Gasteiger partial charge on any atom is -0.309 e. The zero-order valence-corrected chi connectivity index (χ0v) is 13.5. The highest BCUT2D eigenvalue weighted by Gasteiger charge is 2.23. The summed E-state index contributed by atoms with van der Waals surface area (Å²) in [5.74, 6) is 0.998. The molecule has 6 heteroatoms. The van der Waals surface area contributed by atoms with Gasteiger partial charge in [0.1, 0.15) is 11.6 Å². The first kappa shape index (κ1) is 15.8. The fourth-order valence-electron chi connectivity index (χ4n) is 2.96. The van der Waals surface area contributed by atoms with Crippen molar-refractivity contribution in [3.8, 4) is 0 Å². The van der Waals surface area contributed by atoms with Crippen molar-refractivity contribution in [2.24, 2.45) is 0 Å². The van der Waals surface area contributed by atoms with Crippen molar-refractivity contribution in [2.75, 3.05) is 18.4 Å². The van der Waals surface area contributed by atoms with Crippen molar-refractivity contribution < 1.29 is 4.39 Å². The third kappa shape index (κ3) is 4.01. The van der Waals surface area contributed by atoms with Gasteiger partial charge in [0.05, 0.1) is 0 Å². The Labute approximate surface area is 136 Å². The van der Waals surface area contributed by atoms with E-state index in [2.05, 4.69) is 39.0 Å². The summed E-state index contributed by atoms with van der Waals surface area (Å²) in [6.45, 7) is 6.67. The normalized spacial score (nSPS) is 16.7. The molecule has 1 saturated heterocycles. The van der Waals surface area contributed by atoms with Gasteiger partial charge in [-0.2, -0.15) is 0 Å². The zero-order valence-electron chi connectivity index (χ0n) is 13.5. The Morgan fingerprint density at radius 1 is 1.17 bits per heavy atom. The second-order valence-electron chi connectivity index (χ2n) is 6.19. The molecule has 3 rings (SSSR count). The standard InChI is InChI=1S/C17H22FN5/c1-12(2)23-9-5-13(6-10-23)15-4-8-20-17(21-15)22-16-11-14(18)3-7-19-16/h3-4,7-8,11-13H,5-6,9-10H2,1-2H3,(H,19,20,21,22). The molecule has 2 aromatic heterocycles. The summed E-state index contributed by atoms with van der Waals surface area (Å²) in [5.41, 5.74) is 1.04. The lowest BCUT2D eigenvalue weighted by molar-refractivity contribution is 0.171. The Morgan fingerprint density at radius 2 is 1.91 bits per heavy atom. The highest BCUT2D eigenvalue weighted by atomic mass is 19.1. The molecule has 3 heterocycles. The Bertz CT molecular complexity index is 653. The molecule has 23 heavy (non-hydrogen) atoms. The molecule has 0 unspecified atom stereocenters. The van der Waals surface area contributed by atoms with Crippen LogP contribution in [-0.2, 0) is 0 Å². The summed E-state index contributed by atoms with van der Waals surface area (Å²) in [4.78, 5) is 15.4. The lowest BCUT2D eigenvalue weighted by atomic mass is 9.93. The van der Waals surface area contributed by atoms with Gasteiger partial charge in [-0.15, -0.1) is 0 Å². The molecule has 0 aliphatic carbocycles. The Hall–Kier alpha value is -2.08. The van der Waals surface area contributed by atoms with E-state index in [1.54, 1.807) is 6.20 Å². The van der Waals surface area contributed by atoms with Gasteiger partial charge in [-0.05, 0) is 51.9 Å². The predicted molar refractivity (Wildman–Crippen MR) is 88.2 cm³/mol. The van der Waals surface area contributed by atoms with Crippen LogP contribution in [0.4, 0.5) is 16.2 Å². The molecule has 2 aromatic rings. The van der Waals surface area contributed by atoms with E-state index >= 15 is 0 Å². The van der Waals surface area contributed by atoms with Crippen LogP contribution in [-0.4, -0.2) is 39.0 Å². The van der Waals surface area contributed by atoms with E-state index in [1.165, 1.54) is 18.3 Å². The average molecular weight is 315 g/mol. The number of rotatable bonds is 4. The van der Waals surface area contributed by atoms with Gasteiger partial charge in [0.2, 0.25) is 5.95 Å². The van der Waals surface area contributed by atoms with Crippen LogP contribution in [0.3, 0.4) is 0 Å². The highest BCUT2D eigenvalue weighted by Crippen LogP contribution is 2.28. The molecule has 0 aromatic carbocycles. The van der Waals surface area contributed by atoms with Gasteiger partial charge < -0.3 is 10.2 Å². The van der Waals surface area contributed by atoms with Crippen LogP contribution < -0.4 is 5.32 Å². The number of hydrogen-bond donors (Lipinski definition) is 1. The minimum absolute atomic E-state index is 0.334. The lowest BCUT2D eigenvalue weighted by Crippen LogP contribution is -2.38. The zero-order chi connectivity index (χ0) is 16.2. The van der Waals surface area contributed by atoms with E-state index in [9.17, 15) is 4.39 Å². The molecule has 0 saturated carbocycles. The molecule has 1 aliphatic heterocycles. The molecule has 0 radical (unpaired) electrons. The molecular weight excluding hydrogens is 293 g/mol. The number of halogens is 1. The summed E-state index contributed by atoms with van der Waals surface area (Å²) >= 11 is 0. The van der Waals surface area contributed by atoms with E-state index in [1.807, 2.05) is 6.07 Å². The van der Waals surface area contributed by atoms with Crippen molar-refractivity contribution in [1.82, 2.24) is 19.9 Å². The van der Waals surface area contributed by atoms with E-state index in [-0.39, 0.29) is 5.82 Å². The molecule has 1 fully saturated rings. The monoisotopic (exact) mass is 315 g/mol. The number of nitrogens with one attached hydrogen (secondary N) is 1. The molecule has 0 amide bonds. The molecule has 0 bridgehead atoms.